The van der Waals surface area contributed by atoms with Gasteiger partial charge in [-0.25, -0.2) is 0 Å². The van der Waals surface area contributed by atoms with E-state index in [1.165, 1.54) is 5.57 Å². The molecule has 0 radical (unpaired) electrons. The first-order valence-electron chi connectivity index (χ1n) is 8.94. The number of aliphatic hydroxyl groups excluding tert-OH is 1. The highest BCUT2D eigenvalue weighted by atomic mass is 16.4. The number of hydrogen-bond acceptors (Lipinski definition) is 2. The van der Waals surface area contributed by atoms with Crippen LogP contribution in [0.25, 0.3) is 0 Å². The third kappa shape index (κ3) is 2.23. The van der Waals surface area contributed by atoms with Crippen LogP contribution in [0.5, 0.6) is 0 Å². The molecule has 3 rings (SSSR count). The zero-order valence-corrected chi connectivity index (χ0v) is 14.6. The van der Waals surface area contributed by atoms with Crippen LogP contribution in [0, 0.1) is 28.1 Å². The summed E-state index contributed by atoms with van der Waals surface area (Å²) in [6.45, 7) is 10.2. The number of carboxylic acid groups (broad SMARTS) is 1. The molecule has 0 aliphatic heterocycles. The fraction of sp³-hybridized carbons (Fsp3) is 0.750. The minimum absolute atomic E-state index is 0.0149. The lowest BCUT2D eigenvalue weighted by Gasteiger charge is -2.59. The molecule has 2 N–H and O–H groups in total. The third-order valence-corrected chi connectivity index (χ3v) is 7.54. The molecule has 2 fully saturated rings. The molecule has 3 nitrogen and oxygen atoms in total. The largest absolute Gasteiger partial charge is 0.481 e. The SMILES string of the molecule is C=C[C@@]1(C)C=C2CC[C@H]3[C@@](C)(CCC[C@]3(C)C(=O)O)[C@@H]2C[C@@H]1O. The van der Waals surface area contributed by atoms with Gasteiger partial charge in [0, 0.05) is 5.41 Å². The van der Waals surface area contributed by atoms with Crippen LogP contribution in [0.3, 0.4) is 0 Å². The summed E-state index contributed by atoms with van der Waals surface area (Å²) in [6, 6.07) is 0. The van der Waals surface area contributed by atoms with E-state index >= 15 is 0 Å². The number of rotatable bonds is 2. The number of aliphatic carboxylic acids is 1. The summed E-state index contributed by atoms with van der Waals surface area (Å²) >= 11 is 0. The zero-order valence-electron chi connectivity index (χ0n) is 14.6. The summed E-state index contributed by atoms with van der Waals surface area (Å²) in [5.41, 5.74) is 0.438. The van der Waals surface area contributed by atoms with Gasteiger partial charge in [0.15, 0.2) is 0 Å². The van der Waals surface area contributed by atoms with Crippen LogP contribution in [0.1, 0.15) is 59.3 Å². The van der Waals surface area contributed by atoms with Gasteiger partial charge in [-0.1, -0.05) is 38.0 Å². The summed E-state index contributed by atoms with van der Waals surface area (Å²) < 4.78 is 0. The Balaban J connectivity index is 2.02. The fourth-order valence-electron chi connectivity index (χ4n) is 5.90. The van der Waals surface area contributed by atoms with E-state index in [0.717, 1.165) is 38.5 Å². The first kappa shape index (κ1) is 16.8. The molecule has 0 spiro atoms. The lowest BCUT2D eigenvalue weighted by molar-refractivity contribution is -0.165. The molecule has 0 amide bonds. The molecule has 3 aliphatic rings. The van der Waals surface area contributed by atoms with Gasteiger partial charge >= 0.3 is 5.97 Å². The third-order valence-electron chi connectivity index (χ3n) is 7.54. The zero-order chi connectivity index (χ0) is 17.0. The average molecular weight is 318 g/mol. The van der Waals surface area contributed by atoms with Crippen molar-refractivity contribution in [2.45, 2.75) is 65.4 Å². The molecule has 0 aromatic heterocycles. The van der Waals surface area contributed by atoms with E-state index in [1.807, 2.05) is 19.9 Å². The summed E-state index contributed by atoms with van der Waals surface area (Å²) in [7, 11) is 0. The van der Waals surface area contributed by atoms with Crippen molar-refractivity contribution in [2.75, 3.05) is 0 Å². The average Bonchev–Trinajstić information content (AvgIpc) is 2.49. The number of allylic oxidation sites excluding steroid dienone is 1. The summed E-state index contributed by atoms with van der Waals surface area (Å²) in [5, 5.41) is 20.5. The van der Waals surface area contributed by atoms with E-state index in [-0.39, 0.29) is 16.7 Å². The second-order valence-electron chi connectivity index (χ2n) is 8.77. The lowest BCUT2D eigenvalue weighted by Crippen LogP contribution is -2.55. The molecular formula is C20H30O3. The summed E-state index contributed by atoms with van der Waals surface area (Å²) in [5.74, 6) is -0.139. The van der Waals surface area contributed by atoms with E-state index in [1.54, 1.807) is 0 Å². The van der Waals surface area contributed by atoms with Crippen molar-refractivity contribution < 1.29 is 15.0 Å². The monoisotopic (exact) mass is 318 g/mol. The van der Waals surface area contributed by atoms with Gasteiger partial charge in [0.2, 0.25) is 0 Å². The van der Waals surface area contributed by atoms with Gasteiger partial charge in [0.25, 0.3) is 0 Å². The number of carboxylic acids is 1. The highest BCUT2D eigenvalue weighted by molar-refractivity contribution is 5.75. The summed E-state index contributed by atoms with van der Waals surface area (Å²) in [4.78, 5) is 12.0. The van der Waals surface area contributed by atoms with Crippen molar-refractivity contribution >= 4 is 5.97 Å². The van der Waals surface area contributed by atoms with Crippen LogP contribution < -0.4 is 0 Å². The molecule has 0 aromatic rings. The van der Waals surface area contributed by atoms with Gasteiger partial charge in [-0.15, -0.1) is 6.58 Å². The maximum atomic E-state index is 12.0. The molecule has 3 aliphatic carbocycles. The minimum Gasteiger partial charge on any atom is -0.481 e. The van der Waals surface area contributed by atoms with Crippen LogP contribution >= 0.6 is 0 Å². The molecule has 3 heteroatoms. The number of fused-ring (bicyclic) bond motifs is 3. The Hall–Kier alpha value is -1.09. The van der Waals surface area contributed by atoms with Crippen molar-refractivity contribution in [3.8, 4) is 0 Å². The second-order valence-corrected chi connectivity index (χ2v) is 8.77. The Morgan fingerprint density at radius 2 is 2.04 bits per heavy atom. The van der Waals surface area contributed by atoms with E-state index in [2.05, 4.69) is 19.6 Å². The first-order valence-corrected chi connectivity index (χ1v) is 8.94. The molecule has 0 heterocycles. The highest BCUT2D eigenvalue weighted by Gasteiger charge is 2.59. The smallest absolute Gasteiger partial charge is 0.309 e. The van der Waals surface area contributed by atoms with E-state index in [4.69, 9.17) is 0 Å². The molecule has 128 valence electrons. The Labute approximate surface area is 139 Å². The van der Waals surface area contributed by atoms with Crippen molar-refractivity contribution in [3.05, 3.63) is 24.3 Å². The number of aliphatic hydroxyl groups is 1. The lowest BCUT2D eigenvalue weighted by atomic mass is 9.45. The van der Waals surface area contributed by atoms with Crippen molar-refractivity contribution in [3.63, 3.8) is 0 Å². The van der Waals surface area contributed by atoms with Gasteiger partial charge in [-0.05, 0) is 56.3 Å². The molecule has 0 aromatic carbocycles. The molecule has 0 bridgehead atoms. The van der Waals surface area contributed by atoms with Gasteiger partial charge in [0.1, 0.15) is 0 Å². The second kappa shape index (κ2) is 5.20. The maximum absolute atomic E-state index is 12.0. The van der Waals surface area contributed by atoms with Crippen LogP contribution in [0.2, 0.25) is 0 Å². The molecule has 2 saturated carbocycles. The Kier molecular flexibility index (Phi) is 3.79. The van der Waals surface area contributed by atoms with Gasteiger partial charge < -0.3 is 10.2 Å². The topological polar surface area (TPSA) is 57.5 Å². The highest BCUT2D eigenvalue weighted by Crippen LogP contribution is 2.63. The van der Waals surface area contributed by atoms with Crippen molar-refractivity contribution in [2.24, 2.45) is 28.1 Å². The van der Waals surface area contributed by atoms with E-state index in [0.29, 0.717) is 5.92 Å². The molecule has 23 heavy (non-hydrogen) atoms. The molecular weight excluding hydrogens is 288 g/mol. The Morgan fingerprint density at radius 1 is 1.35 bits per heavy atom. The standard InChI is InChI=1S/C20H30O3/c1-5-18(2)12-13-7-8-15-19(3,14(13)11-16(18)21)9-6-10-20(15,4)17(22)23/h5,12,14-16,21H,1,6-11H2,2-4H3,(H,22,23)/t14-,15+,16+,18+,19+,20+/m1/s1. The predicted octanol–water partition coefficient (Wildman–Crippen LogP) is 4.18. The van der Waals surface area contributed by atoms with Gasteiger partial charge in [0.05, 0.1) is 11.5 Å². The summed E-state index contributed by atoms with van der Waals surface area (Å²) in [6.07, 6.45) is 9.12. The van der Waals surface area contributed by atoms with Crippen molar-refractivity contribution in [1.82, 2.24) is 0 Å². The first-order chi connectivity index (χ1) is 10.7. The minimum atomic E-state index is -0.645. The van der Waals surface area contributed by atoms with Gasteiger partial charge in [-0.2, -0.15) is 0 Å². The Morgan fingerprint density at radius 3 is 2.65 bits per heavy atom. The van der Waals surface area contributed by atoms with E-state index < -0.39 is 17.5 Å². The van der Waals surface area contributed by atoms with E-state index in [9.17, 15) is 15.0 Å². The fourth-order valence-corrected chi connectivity index (χ4v) is 5.90. The maximum Gasteiger partial charge on any atom is 0.309 e. The van der Waals surface area contributed by atoms with Crippen molar-refractivity contribution in [1.29, 1.82) is 0 Å². The quantitative estimate of drug-likeness (QED) is 0.751. The van der Waals surface area contributed by atoms with Crippen LogP contribution in [-0.4, -0.2) is 22.3 Å². The molecule has 6 atom stereocenters. The van der Waals surface area contributed by atoms with Crippen LogP contribution in [-0.2, 0) is 4.79 Å². The molecule has 0 saturated heterocycles. The number of carbonyl (C=O) groups is 1. The van der Waals surface area contributed by atoms with Crippen LogP contribution in [0.15, 0.2) is 24.3 Å². The predicted molar refractivity (Wildman–Crippen MR) is 90.9 cm³/mol. The van der Waals surface area contributed by atoms with Crippen LogP contribution in [0.4, 0.5) is 0 Å². The van der Waals surface area contributed by atoms with Gasteiger partial charge in [-0.3, -0.25) is 4.79 Å². The Bertz CT molecular complexity index is 565. The normalized spacial score (nSPS) is 49.6. The molecule has 0 unspecified atom stereocenters. The number of hydrogen-bond donors (Lipinski definition) is 2.